The van der Waals surface area contributed by atoms with Crippen LogP contribution >= 0.6 is 34.8 Å². The topological polar surface area (TPSA) is 120 Å². The summed E-state index contributed by atoms with van der Waals surface area (Å²) < 4.78 is 30.6. The zero-order valence-corrected chi connectivity index (χ0v) is 26.8. The summed E-state index contributed by atoms with van der Waals surface area (Å²) in [4.78, 5) is 34.8. The van der Waals surface area contributed by atoms with Crippen LogP contribution in [0, 0.1) is 28.9 Å². The van der Waals surface area contributed by atoms with Gasteiger partial charge in [0.25, 0.3) is 5.56 Å². The average Bonchev–Trinajstić information content (AvgIpc) is 3.02. The van der Waals surface area contributed by atoms with Gasteiger partial charge in [-0.3, -0.25) is 14.2 Å². The molecule has 9 nitrogen and oxygen atoms in total. The van der Waals surface area contributed by atoms with Gasteiger partial charge in [-0.2, -0.15) is 5.26 Å². The number of hydrogen-bond donors (Lipinski definition) is 2. The molecule has 0 saturated carbocycles. The summed E-state index contributed by atoms with van der Waals surface area (Å²) in [6, 6.07) is 3.21. The lowest BCUT2D eigenvalue weighted by atomic mass is 9.94. The van der Waals surface area contributed by atoms with Crippen molar-refractivity contribution in [3.8, 4) is 17.3 Å². The van der Waals surface area contributed by atoms with E-state index in [9.17, 15) is 23.6 Å². The number of piperazine rings is 1. The molecule has 2 aliphatic rings. The van der Waals surface area contributed by atoms with Gasteiger partial charge in [-0.15, -0.1) is 0 Å². The van der Waals surface area contributed by atoms with E-state index in [-0.39, 0.29) is 51.0 Å². The molecule has 45 heavy (non-hydrogen) atoms. The van der Waals surface area contributed by atoms with Crippen LogP contribution in [-0.2, 0) is 4.79 Å². The molecule has 0 bridgehead atoms. The number of anilines is 2. The number of aromatic nitrogens is 2. The Morgan fingerprint density at radius 2 is 1.87 bits per heavy atom. The van der Waals surface area contributed by atoms with E-state index in [4.69, 9.17) is 45.5 Å². The van der Waals surface area contributed by atoms with Gasteiger partial charge in [-0.1, -0.05) is 55.2 Å². The highest BCUT2D eigenvalue weighted by Gasteiger charge is 2.33. The number of hydrogen-bond acceptors (Lipinski definition) is 7. The Hall–Kier alpha value is -4.11. The Labute approximate surface area is 272 Å². The minimum Gasteiger partial charge on any atom is -0.396 e. The van der Waals surface area contributed by atoms with Gasteiger partial charge < -0.3 is 20.9 Å². The van der Waals surface area contributed by atoms with Gasteiger partial charge in [0.05, 0.1) is 43.9 Å². The van der Waals surface area contributed by atoms with Crippen molar-refractivity contribution in [1.29, 1.82) is 5.26 Å². The van der Waals surface area contributed by atoms with Gasteiger partial charge >= 0.3 is 0 Å². The van der Waals surface area contributed by atoms with E-state index in [1.165, 1.54) is 16.7 Å². The number of nitrogens with zero attached hydrogens (tertiary/aromatic N) is 5. The Kier molecular flexibility index (Phi) is 8.86. The van der Waals surface area contributed by atoms with Crippen LogP contribution in [0.4, 0.5) is 20.2 Å². The number of carbonyl (C=O) groups is 1. The molecular formula is C31H28Cl3F2N7O2. The first-order valence-electron chi connectivity index (χ1n) is 13.9. The number of nitrogens with two attached hydrogens (primary N) is 1. The molecule has 3 N–H and O–H groups in total. The van der Waals surface area contributed by atoms with Gasteiger partial charge in [0.2, 0.25) is 5.91 Å². The van der Waals surface area contributed by atoms with E-state index >= 15 is 0 Å². The zero-order valence-electron chi connectivity index (χ0n) is 24.5. The van der Waals surface area contributed by atoms with Crippen molar-refractivity contribution in [2.45, 2.75) is 26.8 Å². The van der Waals surface area contributed by atoms with E-state index in [1.807, 2.05) is 25.7 Å². The van der Waals surface area contributed by atoms with Crippen LogP contribution in [0.2, 0.25) is 15.1 Å². The lowest BCUT2D eigenvalue weighted by molar-refractivity contribution is -0.126. The highest BCUT2D eigenvalue weighted by Crippen LogP contribution is 2.45. The number of benzene rings is 1. The number of fused-ring (bicyclic) bond motifs is 1. The molecule has 0 radical (unpaired) electrons. The molecular weight excluding hydrogens is 647 g/mol. The van der Waals surface area contributed by atoms with Crippen molar-refractivity contribution in [3.63, 3.8) is 0 Å². The number of nitrogens with one attached hydrogen (secondary N) is 1. The van der Waals surface area contributed by atoms with Crippen molar-refractivity contribution < 1.29 is 13.6 Å². The molecule has 5 rings (SSSR count). The maximum absolute atomic E-state index is 14.8. The molecule has 3 aromatic rings. The summed E-state index contributed by atoms with van der Waals surface area (Å²) in [6.07, 6.45) is 4.80. The fraction of sp³-hybridized carbons (Fsp3) is 0.290. The summed E-state index contributed by atoms with van der Waals surface area (Å²) in [7, 11) is 0. The molecule has 1 fully saturated rings. The zero-order chi connectivity index (χ0) is 32.9. The fourth-order valence-corrected chi connectivity index (χ4v) is 6.46. The first kappa shape index (κ1) is 32.3. The number of carbonyl (C=O) groups excluding carboxylic acids is 1. The van der Waals surface area contributed by atoms with E-state index < -0.39 is 32.9 Å². The molecule has 4 heterocycles. The van der Waals surface area contributed by atoms with Crippen molar-refractivity contribution >= 4 is 68.8 Å². The Morgan fingerprint density at radius 1 is 1.20 bits per heavy atom. The van der Waals surface area contributed by atoms with Gasteiger partial charge in [-0.25, -0.2) is 13.8 Å². The Balaban J connectivity index is 1.90. The molecule has 14 heteroatoms. The molecule has 0 spiro atoms. The number of pyridine rings is 2. The first-order chi connectivity index (χ1) is 21.3. The number of allylic oxidation sites excluding steroid dienone is 2. The van der Waals surface area contributed by atoms with E-state index in [2.05, 4.69) is 18.0 Å². The number of amides is 1. The quantitative estimate of drug-likeness (QED) is 0.148. The van der Waals surface area contributed by atoms with E-state index in [0.717, 1.165) is 5.57 Å². The standard InChI is InChI=1S/C31H28Cl3F2N7O2/c1-5-19(44)41-8-10-42(11-9-41)29-16-12-18(32)27(20-21(33)22(34)23(35)24(36)25(20)38)40-30(16)43(31(45)17(29)13-37)28-15(4)6-7-39-26(28)14(2)3/h5-7,12,14,26,39H,1,8-11,38H2,2-4H3. The number of nitriles is 1. The lowest BCUT2D eigenvalue weighted by Crippen LogP contribution is -2.49. The summed E-state index contributed by atoms with van der Waals surface area (Å²) in [6.45, 7) is 10.5. The van der Waals surface area contributed by atoms with Crippen LogP contribution in [0.25, 0.3) is 28.0 Å². The van der Waals surface area contributed by atoms with Gasteiger partial charge in [-0.05, 0) is 42.8 Å². The van der Waals surface area contributed by atoms with Crippen LogP contribution in [0.1, 0.15) is 26.3 Å². The van der Waals surface area contributed by atoms with Crippen LogP contribution in [-0.4, -0.2) is 52.6 Å². The maximum Gasteiger partial charge on any atom is 0.276 e. The minimum absolute atomic E-state index is 0.00982. The third-order valence-electron chi connectivity index (χ3n) is 8.03. The normalized spacial score (nSPS) is 16.8. The van der Waals surface area contributed by atoms with Crippen molar-refractivity contribution in [2.24, 2.45) is 5.92 Å². The summed E-state index contributed by atoms with van der Waals surface area (Å²) >= 11 is 19.2. The highest BCUT2D eigenvalue weighted by molar-refractivity contribution is 6.45. The Morgan fingerprint density at radius 3 is 2.47 bits per heavy atom. The summed E-state index contributed by atoms with van der Waals surface area (Å²) in [5.41, 5.74) is 5.76. The van der Waals surface area contributed by atoms with Crippen molar-refractivity contribution in [1.82, 2.24) is 19.8 Å². The van der Waals surface area contributed by atoms with Gasteiger partial charge in [0.1, 0.15) is 17.3 Å². The van der Waals surface area contributed by atoms with Crippen LogP contribution in [0.15, 0.2) is 41.4 Å². The van der Waals surface area contributed by atoms with Gasteiger partial charge in [0, 0.05) is 37.1 Å². The highest BCUT2D eigenvalue weighted by atomic mass is 35.5. The summed E-state index contributed by atoms with van der Waals surface area (Å²) in [5, 5.41) is 12.8. The molecule has 234 valence electrons. The van der Waals surface area contributed by atoms with E-state index in [1.54, 1.807) is 17.2 Å². The predicted molar refractivity (Wildman–Crippen MR) is 174 cm³/mol. The molecule has 2 aliphatic heterocycles. The maximum atomic E-state index is 14.8. The van der Waals surface area contributed by atoms with Crippen LogP contribution < -0.4 is 21.5 Å². The van der Waals surface area contributed by atoms with E-state index in [0.29, 0.717) is 37.3 Å². The molecule has 1 saturated heterocycles. The van der Waals surface area contributed by atoms with Gasteiger partial charge in [0.15, 0.2) is 11.6 Å². The molecule has 0 aliphatic carbocycles. The number of rotatable bonds is 5. The summed E-state index contributed by atoms with van der Waals surface area (Å²) in [5.74, 6) is -3.09. The third kappa shape index (κ3) is 5.31. The Bertz CT molecular complexity index is 1910. The smallest absolute Gasteiger partial charge is 0.276 e. The number of halogens is 5. The minimum atomic E-state index is -1.43. The molecule has 1 aromatic carbocycles. The first-order valence-corrected chi connectivity index (χ1v) is 15.1. The average molecular weight is 675 g/mol. The van der Waals surface area contributed by atoms with Crippen molar-refractivity contribution in [3.05, 3.63) is 79.2 Å². The lowest BCUT2D eigenvalue weighted by Gasteiger charge is -2.37. The monoisotopic (exact) mass is 673 g/mol. The third-order valence-corrected chi connectivity index (χ3v) is 9.14. The second-order valence-corrected chi connectivity index (χ2v) is 12.2. The fourth-order valence-electron chi connectivity index (χ4n) is 5.77. The number of nitrogen functional groups attached to an aromatic ring is 1. The SMILES string of the molecule is C=CC(=O)N1CCN(c2c(C#N)c(=O)n(C3=C(C)C=CNC3C(C)C)c3nc(-c4c(N)c(F)c(F)c(Cl)c4Cl)c(Cl)cc23)CC1. The largest absolute Gasteiger partial charge is 0.396 e. The molecule has 1 atom stereocenters. The predicted octanol–water partition coefficient (Wildman–Crippen LogP) is 5.96. The molecule has 1 amide bonds. The van der Waals surface area contributed by atoms with Crippen LogP contribution in [0.3, 0.4) is 0 Å². The number of dihydropyridines is 1. The molecule has 1 unspecified atom stereocenters. The second-order valence-electron chi connectivity index (χ2n) is 11.0. The van der Waals surface area contributed by atoms with Crippen molar-refractivity contribution in [2.75, 3.05) is 36.8 Å². The van der Waals surface area contributed by atoms with Crippen LogP contribution in [0.5, 0.6) is 0 Å². The molecule has 2 aromatic heterocycles. The second kappa shape index (κ2) is 12.4.